The van der Waals surface area contributed by atoms with E-state index in [0.29, 0.717) is 11.5 Å². The van der Waals surface area contributed by atoms with Gasteiger partial charge in [-0.15, -0.1) is 0 Å². The standard InChI is InChI=1S/C15H14FN3O4/c1-9-17-13(23-18-9)8-22-15(21)10-6-14(20)19(7-10)12-4-2-11(16)3-5-12/h2-5,10H,6-8H2,1H3. The number of anilines is 1. The third-order valence-corrected chi connectivity index (χ3v) is 3.50. The van der Waals surface area contributed by atoms with Crippen molar-refractivity contribution in [1.82, 2.24) is 10.1 Å². The van der Waals surface area contributed by atoms with Crippen molar-refractivity contribution < 1.29 is 23.2 Å². The molecule has 2 aromatic rings. The number of carbonyl (C=O) groups is 2. The van der Waals surface area contributed by atoms with E-state index in [1.165, 1.54) is 29.2 Å². The van der Waals surface area contributed by atoms with Crippen LogP contribution in [0.1, 0.15) is 18.1 Å². The van der Waals surface area contributed by atoms with Gasteiger partial charge in [0.1, 0.15) is 5.82 Å². The summed E-state index contributed by atoms with van der Waals surface area (Å²) in [4.78, 5) is 29.5. The molecule has 0 N–H and O–H groups in total. The predicted octanol–water partition coefficient (Wildman–Crippen LogP) is 1.61. The molecule has 0 radical (unpaired) electrons. The van der Waals surface area contributed by atoms with Gasteiger partial charge in [-0.3, -0.25) is 9.59 Å². The number of hydrogen-bond acceptors (Lipinski definition) is 6. The number of esters is 1. The van der Waals surface area contributed by atoms with Crippen LogP contribution >= 0.6 is 0 Å². The third kappa shape index (κ3) is 3.36. The molecule has 1 aromatic heterocycles. The van der Waals surface area contributed by atoms with E-state index in [2.05, 4.69) is 10.1 Å². The Morgan fingerprint density at radius 1 is 1.43 bits per heavy atom. The molecule has 1 aromatic carbocycles. The summed E-state index contributed by atoms with van der Waals surface area (Å²) in [7, 11) is 0. The fourth-order valence-corrected chi connectivity index (χ4v) is 2.39. The molecule has 8 heteroatoms. The topological polar surface area (TPSA) is 85.5 Å². The molecule has 7 nitrogen and oxygen atoms in total. The number of hydrogen-bond donors (Lipinski definition) is 0. The Kier molecular flexibility index (Phi) is 4.05. The molecule has 1 saturated heterocycles. The van der Waals surface area contributed by atoms with E-state index >= 15 is 0 Å². The Bertz CT molecular complexity index is 729. The minimum absolute atomic E-state index is 0.0546. The second kappa shape index (κ2) is 6.15. The summed E-state index contributed by atoms with van der Waals surface area (Å²) < 4.78 is 22.9. The van der Waals surface area contributed by atoms with Crippen molar-refractivity contribution in [1.29, 1.82) is 0 Å². The average molecular weight is 319 g/mol. The molecule has 0 saturated carbocycles. The molecule has 1 atom stereocenters. The largest absolute Gasteiger partial charge is 0.455 e. The van der Waals surface area contributed by atoms with Crippen LogP contribution in [0, 0.1) is 18.7 Å². The molecule has 23 heavy (non-hydrogen) atoms. The molecule has 1 unspecified atom stereocenters. The zero-order valence-electron chi connectivity index (χ0n) is 12.4. The Labute approximate surface area is 131 Å². The van der Waals surface area contributed by atoms with E-state index in [4.69, 9.17) is 9.26 Å². The van der Waals surface area contributed by atoms with Crippen LogP contribution in [0.15, 0.2) is 28.8 Å². The van der Waals surface area contributed by atoms with Crippen molar-refractivity contribution in [2.45, 2.75) is 20.0 Å². The van der Waals surface area contributed by atoms with E-state index in [1.54, 1.807) is 6.92 Å². The summed E-state index contributed by atoms with van der Waals surface area (Å²) in [5.74, 6) is -1.00. The molecule has 0 aliphatic carbocycles. The summed E-state index contributed by atoms with van der Waals surface area (Å²) >= 11 is 0. The highest BCUT2D eigenvalue weighted by Gasteiger charge is 2.36. The minimum Gasteiger partial charge on any atom is -0.455 e. The van der Waals surface area contributed by atoms with Gasteiger partial charge < -0.3 is 14.2 Å². The first kappa shape index (κ1) is 15.1. The number of halogens is 1. The van der Waals surface area contributed by atoms with Crippen molar-refractivity contribution in [3.05, 3.63) is 41.8 Å². The van der Waals surface area contributed by atoms with Gasteiger partial charge in [-0.05, 0) is 31.2 Å². The molecular formula is C15H14FN3O4. The first-order valence-electron chi connectivity index (χ1n) is 7.04. The Morgan fingerprint density at radius 3 is 2.83 bits per heavy atom. The van der Waals surface area contributed by atoms with Gasteiger partial charge in [-0.25, -0.2) is 4.39 Å². The molecule has 1 aliphatic rings. The number of rotatable bonds is 4. The first-order valence-corrected chi connectivity index (χ1v) is 7.04. The summed E-state index contributed by atoms with van der Waals surface area (Å²) in [6.45, 7) is 1.73. The van der Waals surface area contributed by atoms with Crippen LogP contribution in [0.5, 0.6) is 0 Å². The number of carbonyl (C=O) groups excluding carboxylic acids is 2. The Morgan fingerprint density at radius 2 is 2.17 bits per heavy atom. The van der Waals surface area contributed by atoms with Crippen molar-refractivity contribution in [2.75, 3.05) is 11.4 Å². The second-order valence-electron chi connectivity index (χ2n) is 5.22. The maximum atomic E-state index is 12.9. The van der Waals surface area contributed by atoms with Gasteiger partial charge in [-0.2, -0.15) is 4.98 Å². The van der Waals surface area contributed by atoms with Gasteiger partial charge in [0, 0.05) is 18.7 Å². The molecule has 2 heterocycles. The number of benzene rings is 1. The lowest BCUT2D eigenvalue weighted by Gasteiger charge is -2.16. The molecule has 1 fully saturated rings. The predicted molar refractivity (Wildman–Crippen MR) is 75.7 cm³/mol. The highest BCUT2D eigenvalue weighted by molar-refractivity contribution is 5.99. The van der Waals surface area contributed by atoms with Gasteiger partial charge >= 0.3 is 5.97 Å². The lowest BCUT2D eigenvalue weighted by atomic mass is 10.1. The molecule has 1 aliphatic heterocycles. The number of ether oxygens (including phenoxy) is 1. The van der Waals surface area contributed by atoms with Gasteiger partial charge in [0.2, 0.25) is 5.91 Å². The van der Waals surface area contributed by atoms with Crippen LogP contribution in [0.2, 0.25) is 0 Å². The summed E-state index contributed by atoms with van der Waals surface area (Å²) in [6.07, 6.45) is 0.0546. The minimum atomic E-state index is -0.573. The maximum absolute atomic E-state index is 12.9. The third-order valence-electron chi connectivity index (χ3n) is 3.50. The summed E-state index contributed by atoms with van der Waals surface area (Å²) in [6, 6.07) is 5.54. The number of nitrogens with zero attached hydrogens (tertiary/aromatic N) is 3. The van der Waals surface area contributed by atoms with Gasteiger partial charge in [0.05, 0.1) is 5.92 Å². The Balaban J connectivity index is 1.60. The van der Waals surface area contributed by atoms with Crippen LogP contribution < -0.4 is 4.90 Å². The highest BCUT2D eigenvalue weighted by atomic mass is 19.1. The number of aryl methyl sites for hydroxylation is 1. The van der Waals surface area contributed by atoms with Crippen molar-refractivity contribution in [3.8, 4) is 0 Å². The second-order valence-corrected chi connectivity index (χ2v) is 5.22. The van der Waals surface area contributed by atoms with Gasteiger partial charge in [0.15, 0.2) is 12.4 Å². The molecule has 120 valence electrons. The first-order chi connectivity index (χ1) is 11.0. The van der Waals surface area contributed by atoms with E-state index in [9.17, 15) is 14.0 Å². The van der Waals surface area contributed by atoms with Crippen molar-refractivity contribution in [3.63, 3.8) is 0 Å². The lowest BCUT2D eigenvalue weighted by molar-refractivity contribution is -0.150. The van der Waals surface area contributed by atoms with Crippen molar-refractivity contribution in [2.24, 2.45) is 5.92 Å². The van der Waals surface area contributed by atoms with Gasteiger partial charge in [0.25, 0.3) is 5.89 Å². The van der Waals surface area contributed by atoms with E-state index in [1.807, 2.05) is 0 Å². The smallest absolute Gasteiger partial charge is 0.311 e. The lowest BCUT2D eigenvalue weighted by Crippen LogP contribution is -2.26. The Hall–Kier alpha value is -2.77. The molecule has 0 spiro atoms. The van der Waals surface area contributed by atoms with E-state index in [-0.39, 0.29) is 37.2 Å². The van der Waals surface area contributed by atoms with Crippen molar-refractivity contribution >= 4 is 17.6 Å². The highest BCUT2D eigenvalue weighted by Crippen LogP contribution is 2.26. The fourth-order valence-electron chi connectivity index (χ4n) is 2.39. The van der Waals surface area contributed by atoms with Crippen LogP contribution in [-0.4, -0.2) is 28.6 Å². The molecule has 0 bridgehead atoms. The zero-order chi connectivity index (χ0) is 16.4. The fraction of sp³-hybridized carbons (Fsp3) is 0.333. The normalized spacial score (nSPS) is 17.6. The average Bonchev–Trinajstić information content (AvgIpc) is 3.12. The zero-order valence-corrected chi connectivity index (χ0v) is 12.4. The number of amides is 1. The van der Waals surface area contributed by atoms with E-state index < -0.39 is 11.9 Å². The summed E-state index contributed by atoms with van der Waals surface area (Å²) in [5, 5.41) is 3.59. The SMILES string of the molecule is Cc1noc(COC(=O)C2CC(=O)N(c3ccc(F)cc3)C2)n1. The van der Waals surface area contributed by atoms with Crippen LogP contribution in [0.25, 0.3) is 0 Å². The number of aromatic nitrogens is 2. The van der Waals surface area contributed by atoms with Crippen LogP contribution in [-0.2, 0) is 20.9 Å². The van der Waals surface area contributed by atoms with Crippen LogP contribution in [0.4, 0.5) is 10.1 Å². The van der Waals surface area contributed by atoms with Crippen LogP contribution in [0.3, 0.4) is 0 Å². The monoisotopic (exact) mass is 319 g/mol. The summed E-state index contributed by atoms with van der Waals surface area (Å²) in [5.41, 5.74) is 0.555. The quantitative estimate of drug-likeness (QED) is 0.796. The van der Waals surface area contributed by atoms with Gasteiger partial charge in [-0.1, -0.05) is 5.16 Å². The molecular weight excluding hydrogens is 305 g/mol. The molecule has 1 amide bonds. The van der Waals surface area contributed by atoms with E-state index in [0.717, 1.165) is 0 Å². The molecule has 3 rings (SSSR count). The maximum Gasteiger partial charge on any atom is 0.311 e.